The summed E-state index contributed by atoms with van der Waals surface area (Å²) in [6, 6.07) is 4.07. The topological polar surface area (TPSA) is 72.2 Å². The number of anilines is 2. The Labute approximate surface area is 113 Å². The number of benzene rings is 1. The molecule has 9 heteroatoms. The lowest BCUT2D eigenvalue weighted by Gasteiger charge is -2.10. The molecule has 0 heterocycles. The van der Waals surface area contributed by atoms with Crippen molar-refractivity contribution < 1.29 is 21.6 Å². The Balaban J connectivity index is 2.61. The minimum absolute atomic E-state index is 0.159. The molecule has 0 amide bonds. The Bertz CT molecular complexity index is 546. The van der Waals surface area contributed by atoms with Gasteiger partial charge >= 0.3 is 6.18 Å². The number of nitrogen functional groups attached to an aromatic ring is 1. The van der Waals surface area contributed by atoms with Crippen LogP contribution in [0.25, 0.3) is 0 Å². The number of alkyl halides is 3. The molecule has 3 N–H and O–H groups in total. The molecule has 0 radical (unpaired) electrons. The number of hydrogen-bond donors (Lipinski definition) is 2. The second kappa shape index (κ2) is 5.87. The summed E-state index contributed by atoms with van der Waals surface area (Å²) in [5, 5.41) is 0.162. The van der Waals surface area contributed by atoms with Crippen LogP contribution >= 0.6 is 11.6 Å². The van der Waals surface area contributed by atoms with Crippen LogP contribution in [0.1, 0.15) is 12.8 Å². The highest BCUT2D eigenvalue weighted by molar-refractivity contribution is 7.92. The predicted octanol–water partition coefficient (Wildman–Crippen LogP) is 3.01. The van der Waals surface area contributed by atoms with E-state index in [9.17, 15) is 21.6 Å². The summed E-state index contributed by atoms with van der Waals surface area (Å²) >= 11 is 5.70. The smallest absolute Gasteiger partial charge is 0.389 e. The van der Waals surface area contributed by atoms with Crippen molar-refractivity contribution >= 4 is 33.0 Å². The monoisotopic (exact) mass is 316 g/mol. The van der Waals surface area contributed by atoms with Crippen molar-refractivity contribution in [3.8, 4) is 0 Å². The molecule has 0 aliphatic carbocycles. The maximum atomic E-state index is 11.9. The molecule has 0 bridgehead atoms. The second-order valence-electron chi connectivity index (χ2n) is 3.88. The Hall–Kier alpha value is -1.15. The predicted molar refractivity (Wildman–Crippen MR) is 68.6 cm³/mol. The van der Waals surface area contributed by atoms with E-state index in [0.29, 0.717) is 0 Å². The zero-order valence-electron chi connectivity index (χ0n) is 9.67. The van der Waals surface area contributed by atoms with Crippen LogP contribution in [0.4, 0.5) is 24.5 Å². The highest BCUT2D eigenvalue weighted by atomic mass is 35.5. The van der Waals surface area contributed by atoms with Gasteiger partial charge in [-0.3, -0.25) is 4.72 Å². The van der Waals surface area contributed by atoms with Gasteiger partial charge in [-0.2, -0.15) is 13.2 Å². The second-order valence-corrected chi connectivity index (χ2v) is 6.13. The molecule has 1 rings (SSSR count). The third-order valence-corrected chi connectivity index (χ3v) is 3.85. The van der Waals surface area contributed by atoms with Gasteiger partial charge in [0.15, 0.2) is 0 Å². The van der Waals surface area contributed by atoms with Gasteiger partial charge in [-0.15, -0.1) is 0 Å². The fourth-order valence-electron chi connectivity index (χ4n) is 1.28. The molecule has 108 valence electrons. The molecular formula is C10H12ClF3N2O2S. The maximum Gasteiger partial charge on any atom is 0.389 e. The van der Waals surface area contributed by atoms with Crippen LogP contribution in [0.3, 0.4) is 0 Å². The number of rotatable bonds is 5. The molecule has 1 aromatic carbocycles. The standard InChI is InChI=1S/C10H12ClF3N2O2S/c11-8-6-7(2-3-9(8)15)16-19(17,18)5-1-4-10(12,13)14/h2-3,6,16H,1,4-5,15H2. The normalized spacial score (nSPS) is 12.4. The Kier molecular flexibility index (Phi) is 4.92. The first-order valence-corrected chi connectivity index (χ1v) is 7.24. The van der Waals surface area contributed by atoms with Gasteiger partial charge in [0.1, 0.15) is 0 Å². The molecule has 0 spiro atoms. The van der Waals surface area contributed by atoms with Gasteiger partial charge < -0.3 is 5.73 Å². The third kappa shape index (κ3) is 6.02. The number of sulfonamides is 1. The minimum atomic E-state index is -4.36. The molecule has 1 aromatic rings. The summed E-state index contributed by atoms with van der Waals surface area (Å²) in [7, 11) is -3.84. The molecule has 19 heavy (non-hydrogen) atoms. The maximum absolute atomic E-state index is 11.9. The molecule has 0 aliphatic rings. The summed E-state index contributed by atoms with van der Waals surface area (Å²) < 4.78 is 60.9. The lowest BCUT2D eigenvalue weighted by Crippen LogP contribution is -2.18. The lowest BCUT2D eigenvalue weighted by atomic mass is 10.3. The number of halogens is 4. The first kappa shape index (κ1) is 15.9. The van der Waals surface area contributed by atoms with Crippen LogP contribution in [0.15, 0.2) is 18.2 Å². The molecule has 0 fully saturated rings. The molecule has 4 nitrogen and oxygen atoms in total. The van der Waals surface area contributed by atoms with Crippen molar-refractivity contribution in [2.75, 3.05) is 16.2 Å². The molecule has 0 saturated carbocycles. The van der Waals surface area contributed by atoms with Crippen molar-refractivity contribution in [2.45, 2.75) is 19.0 Å². The molecule has 0 aliphatic heterocycles. The fraction of sp³-hybridized carbons (Fsp3) is 0.400. The van der Waals surface area contributed by atoms with Crippen molar-refractivity contribution in [3.05, 3.63) is 23.2 Å². The summed E-state index contributed by atoms with van der Waals surface area (Å²) in [4.78, 5) is 0. The highest BCUT2D eigenvalue weighted by Gasteiger charge is 2.27. The van der Waals surface area contributed by atoms with Crippen LogP contribution < -0.4 is 10.5 Å². The molecule has 0 atom stereocenters. The number of nitrogens with one attached hydrogen (secondary N) is 1. The van der Waals surface area contributed by atoms with Crippen molar-refractivity contribution in [1.82, 2.24) is 0 Å². The zero-order chi connectivity index (χ0) is 14.7. The number of hydrogen-bond acceptors (Lipinski definition) is 3. The summed E-state index contributed by atoms with van der Waals surface area (Å²) in [5.74, 6) is -0.617. The summed E-state index contributed by atoms with van der Waals surface area (Å²) in [6.07, 6.45) is -6.00. The van der Waals surface area contributed by atoms with E-state index in [-0.39, 0.29) is 16.4 Å². The van der Waals surface area contributed by atoms with Crippen molar-refractivity contribution in [1.29, 1.82) is 0 Å². The van der Waals surface area contributed by atoms with Gasteiger partial charge in [-0.05, 0) is 24.6 Å². The van der Waals surface area contributed by atoms with Gasteiger partial charge in [0.2, 0.25) is 10.0 Å². The van der Waals surface area contributed by atoms with E-state index in [0.717, 1.165) is 0 Å². The molecule has 0 unspecified atom stereocenters. The van der Waals surface area contributed by atoms with E-state index in [2.05, 4.69) is 4.72 Å². The Morgan fingerprint density at radius 2 is 1.95 bits per heavy atom. The zero-order valence-corrected chi connectivity index (χ0v) is 11.2. The van der Waals surface area contributed by atoms with E-state index in [1.807, 2.05) is 0 Å². The summed E-state index contributed by atoms with van der Waals surface area (Å²) in [6.45, 7) is 0. The average molecular weight is 317 g/mol. The van der Waals surface area contributed by atoms with Crippen LogP contribution in [0.5, 0.6) is 0 Å². The van der Waals surface area contributed by atoms with Crippen molar-refractivity contribution in [3.63, 3.8) is 0 Å². The highest BCUT2D eigenvalue weighted by Crippen LogP contribution is 2.24. The largest absolute Gasteiger partial charge is 0.398 e. The van der Waals surface area contributed by atoms with Gasteiger partial charge in [0.05, 0.1) is 22.2 Å². The van der Waals surface area contributed by atoms with Crippen LogP contribution in [0.2, 0.25) is 5.02 Å². The first-order chi connectivity index (χ1) is 8.59. The average Bonchev–Trinajstić information content (AvgIpc) is 2.20. The van der Waals surface area contributed by atoms with E-state index in [1.165, 1.54) is 18.2 Å². The van der Waals surface area contributed by atoms with E-state index in [4.69, 9.17) is 17.3 Å². The number of nitrogens with two attached hydrogens (primary N) is 1. The lowest BCUT2D eigenvalue weighted by molar-refractivity contribution is -0.134. The van der Waals surface area contributed by atoms with Crippen LogP contribution in [-0.2, 0) is 10.0 Å². The quantitative estimate of drug-likeness (QED) is 0.820. The van der Waals surface area contributed by atoms with E-state index in [1.54, 1.807) is 0 Å². The molecule has 0 saturated heterocycles. The van der Waals surface area contributed by atoms with Gasteiger partial charge in [0.25, 0.3) is 0 Å². The Morgan fingerprint density at radius 3 is 2.47 bits per heavy atom. The Morgan fingerprint density at radius 1 is 1.32 bits per heavy atom. The minimum Gasteiger partial charge on any atom is -0.398 e. The van der Waals surface area contributed by atoms with E-state index >= 15 is 0 Å². The summed E-state index contributed by atoms with van der Waals surface area (Å²) in [5.41, 5.74) is 5.88. The fourth-order valence-corrected chi connectivity index (χ4v) is 2.58. The third-order valence-electron chi connectivity index (χ3n) is 2.15. The van der Waals surface area contributed by atoms with Gasteiger partial charge in [-0.1, -0.05) is 11.6 Å². The van der Waals surface area contributed by atoms with Gasteiger partial charge in [-0.25, -0.2) is 8.42 Å². The van der Waals surface area contributed by atoms with Gasteiger partial charge in [0, 0.05) is 6.42 Å². The SMILES string of the molecule is Nc1ccc(NS(=O)(=O)CCCC(F)(F)F)cc1Cl. The molecule has 0 aromatic heterocycles. The van der Waals surface area contributed by atoms with Crippen LogP contribution in [0, 0.1) is 0 Å². The van der Waals surface area contributed by atoms with Crippen LogP contribution in [-0.4, -0.2) is 20.3 Å². The van der Waals surface area contributed by atoms with Crippen molar-refractivity contribution in [2.24, 2.45) is 0 Å². The van der Waals surface area contributed by atoms with E-state index < -0.39 is 34.8 Å². The molecular weight excluding hydrogens is 305 g/mol. The first-order valence-electron chi connectivity index (χ1n) is 5.21.